The summed E-state index contributed by atoms with van der Waals surface area (Å²) in [6, 6.07) is 14.1. The molecule has 3 aromatic rings. The zero-order chi connectivity index (χ0) is 15.5. The third-order valence-corrected chi connectivity index (χ3v) is 3.79. The molecule has 1 amide bonds. The summed E-state index contributed by atoms with van der Waals surface area (Å²) in [6.07, 6.45) is 3.68. The lowest BCUT2D eigenvalue weighted by atomic mass is 10.0. The standard InChI is InChI=1S/C18H19N3O/c1-13-8-9-21-12-16(20-17(21)10-13)18(22)19-11-14(2)15-6-4-3-5-7-15/h3-10,12,14H,11H2,1-2H3,(H,19,22)/t14-/m0/s1. The maximum absolute atomic E-state index is 12.2. The molecule has 0 aliphatic heterocycles. The monoisotopic (exact) mass is 293 g/mol. The van der Waals surface area contributed by atoms with E-state index in [1.165, 1.54) is 5.56 Å². The maximum Gasteiger partial charge on any atom is 0.271 e. The molecule has 0 unspecified atom stereocenters. The quantitative estimate of drug-likeness (QED) is 0.803. The molecule has 22 heavy (non-hydrogen) atoms. The summed E-state index contributed by atoms with van der Waals surface area (Å²) in [4.78, 5) is 16.6. The number of aryl methyl sites for hydroxylation is 1. The molecular weight excluding hydrogens is 274 g/mol. The Balaban J connectivity index is 1.68. The molecule has 2 heterocycles. The van der Waals surface area contributed by atoms with Crippen LogP contribution in [-0.2, 0) is 0 Å². The number of nitrogens with one attached hydrogen (secondary N) is 1. The van der Waals surface area contributed by atoms with Crippen LogP contribution in [0.5, 0.6) is 0 Å². The number of rotatable bonds is 4. The van der Waals surface area contributed by atoms with Gasteiger partial charge in [-0.3, -0.25) is 4.79 Å². The minimum atomic E-state index is -0.135. The van der Waals surface area contributed by atoms with Crippen LogP contribution < -0.4 is 5.32 Å². The van der Waals surface area contributed by atoms with Gasteiger partial charge in [0.15, 0.2) is 0 Å². The molecule has 0 saturated heterocycles. The van der Waals surface area contributed by atoms with Crippen molar-refractivity contribution in [3.63, 3.8) is 0 Å². The predicted octanol–water partition coefficient (Wildman–Crippen LogP) is 3.18. The van der Waals surface area contributed by atoms with Gasteiger partial charge in [-0.15, -0.1) is 0 Å². The van der Waals surface area contributed by atoms with Crippen LogP contribution in [-0.4, -0.2) is 21.8 Å². The second kappa shape index (κ2) is 6.02. The average molecular weight is 293 g/mol. The van der Waals surface area contributed by atoms with E-state index in [-0.39, 0.29) is 11.8 Å². The molecular formula is C18H19N3O. The minimum absolute atomic E-state index is 0.135. The molecule has 2 aromatic heterocycles. The number of fused-ring (bicyclic) bond motifs is 1. The Kier molecular flexibility index (Phi) is 3.92. The average Bonchev–Trinajstić information content (AvgIpc) is 2.96. The van der Waals surface area contributed by atoms with E-state index in [0.717, 1.165) is 11.2 Å². The number of pyridine rings is 1. The zero-order valence-corrected chi connectivity index (χ0v) is 12.8. The highest BCUT2D eigenvalue weighted by Crippen LogP contribution is 2.13. The van der Waals surface area contributed by atoms with Crippen molar-refractivity contribution in [1.82, 2.24) is 14.7 Å². The molecule has 4 nitrogen and oxygen atoms in total. The number of nitrogens with zero attached hydrogens (tertiary/aromatic N) is 2. The molecule has 3 rings (SSSR count). The molecule has 0 fully saturated rings. The molecule has 112 valence electrons. The van der Waals surface area contributed by atoms with Crippen molar-refractivity contribution in [3.8, 4) is 0 Å². The van der Waals surface area contributed by atoms with E-state index in [1.54, 1.807) is 6.20 Å². The normalized spacial score (nSPS) is 12.3. The Morgan fingerprint density at radius 3 is 2.82 bits per heavy atom. The summed E-state index contributed by atoms with van der Waals surface area (Å²) >= 11 is 0. The zero-order valence-electron chi connectivity index (χ0n) is 12.8. The number of benzene rings is 1. The fourth-order valence-corrected chi connectivity index (χ4v) is 2.43. The first-order valence-electron chi connectivity index (χ1n) is 7.42. The van der Waals surface area contributed by atoms with Crippen LogP contribution in [0, 0.1) is 6.92 Å². The van der Waals surface area contributed by atoms with Gasteiger partial charge in [-0.05, 0) is 36.1 Å². The van der Waals surface area contributed by atoms with Gasteiger partial charge in [-0.1, -0.05) is 37.3 Å². The molecule has 0 aliphatic rings. The third-order valence-electron chi connectivity index (χ3n) is 3.79. The van der Waals surface area contributed by atoms with Crippen molar-refractivity contribution in [2.45, 2.75) is 19.8 Å². The molecule has 0 saturated carbocycles. The number of hydrogen-bond donors (Lipinski definition) is 1. The molecule has 1 N–H and O–H groups in total. The van der Waals surface area contributed by atoms with Gasteiger partial charge in [-0.25, -0.2) is 4.98 Å². The molecule has 0 aliphatic carbocycles. The van der Waals surface area contributed by atoms with Crippen molar-refractivity contribution < 1.29 is 4.79 Å². The summed E-state index contributed by atoms with van der Waals surface area (Å²) in [6.45, 7) is 4.70. The second-order valence-electron chi connectivity index (χ2n) is 5.62. The molecule has 4 heteroatoms. The largest absolute Gasteiger partial charge is 0.350 e. The van der Waals surface area contributed by atoms with Crippen molar-refractivity contribution in [3.05, 3.63) is 71.7 Å². The topological polar surface area (TPSA) is 46.4 Å². The van der Waals surface area contributed by atoms with Crippen LogP contribution in [0.2, 0.25) is 0 Å². The fraction of sp³-hybridized carbons (Fsp3) is 0.222. The van der Waals surface area contributed by atoms with Gasteiger partial charge in [0.25, 0.3) is 5.91 Å². The first-order chi connectivity index (χ1) is 10.6. The number of carbonyl (C=O) groups excluding carboxylic acids is 1. The maximum atomic E-state index is 12.2. The van der Waals surface area contributed by atoms with E-state index < -0.39 is 0 Å². The van der Waals surface area contributed by atoms with Crippen molar-refractivity contribution >= 4 is 11.6 Å². The van der Waals surface area contributed by atoms with Gasteiger partial charge in [0.1, 0.15) is 11.3 Å². The minimum Gasteiger partial charge on any atom is -0.350 e. The van der Waals surface area contributed by atoms with Crippen molar-refractivity contribution in [1.29, 1.82) is 0 Å². The molecule has 0 spiro atoms. The van der Waals surface area contributed by atoms with Crippen molar-refractivity contribution in [2.75, 3.05) is 6.54 Å². The Labute approximate surface area is 129 Å². The van der Waals surface area contributed by atoms with E-state index in [0.29, 0.717) is 12.2 Å². The highest BCUT2D eigenvalue weighted by molar-refractivity contribution is 5.92. The summed E-state index contributed by atoms with van der Waals surface area (Å²) in [5.41, 5.74) is 3.59. The number of imidazole rings is 1. The summed E-state index contributed by atoms with van der Waals surface area (Å²) in [7, 11) is 0. The highest BCUT2D eigenvalue weighted by Gasteiger charge is 2.12. The summed E-state index contributed by atoms with van der Waals surface area (Å²) in [5.74, 6) is 0.133. The van der Waals surface area contributed by atoms with Gasteiger partial charge >= 0.3 is 0 Å². The van der Waals surface area contributed by atoms with E-state index in [9.17, 15) is 4.79 Å². The lowest BCUT2D eigenvalue weighted by Crippen LogP contribution is -2.27. The number of hydrogen-bond acceptors (Lipinski definition) is 2. The summed E-state index contributed by atoms with van der Waals surface area (Å²) < 4.78 is 1.86. The van der Waals surface area contributed by atoms with Crippen LogP contribution in [0.25, 0.3) is 5.65 Å². The molecule has 1 atom stereocenters. The molecule has 0 radical (unpaired) electrons. The Bertz CT molecular complexity index is 792. The fourth-order valence-electron chi connectivity index (χ4n) is 2.43. The van der Waals surface area contributed by atoms with Gasteiger partial charge in [0, 0.05) is 18.9 Å². The summed E-state index contributed by atoms with van der Waals surface area (Å²) in [5, 5.41) is 2.96. The first kappa shape index (κ1) is 14.3. The van der Waals surface area contributed by atoms with Crippen LogP contribution in [0.4, 0.5) is 0 Å². The van der Waals surface area contributed by atoms with Crippen LogP contribution in [0.3, 0.4) is 0 Å². The smallest absolute Gasteiger partial charge is 0.271 e. The lowest BCUT2D eigenvalue weighted by Gasteiger charge is -2.12. The highest BCUT2D eigenvalue weighted by atomic mass is 16.1. The lowest BCUT2D eigenvalue weighted by molar-refractivity contribution is 0.0947. The third kappa shape index (κ3) is 3.01. The van der Waals surface area contributed by atoms with Crippen molar-refractivity contribution in [2.24, 2.45) is 0 Å². The van der Waals surface area contributed by atoms with E-state index >= 15 is 0 Å². The number of aromatic nitrogens is 2. The van der Waals surface area contributed by atoms with Gasteiger partial charge in [-0.2, -0.15) is 0 Å². The Hall–Kier alpha value is -2.62. The van der Waals surface area contributed by atoms with Crippen LogP contribution >= 0.6 is 0 Å². The van der Waals surface area contributed by atoms with Crippen LogP contribution in [0.1, 0.15) is 34.5 Å². The number of carbonyl (C=O) groups is 1. The number of amides is 1. The van der Waals surface area contributed by atoms with Gasteiger partial charge in [0.05, 0.1) is 0 Å². The molecule has 0 bridgehead atoms. The van der Waals surface area contributed by atoms with E-state index in [2.05, 4.69) is 29.4 Å². The van der Waals surface area contributed by atoms with Gasteiger partial charge < -0.3 is 9.72 Å². The van der Waals surface area contributed by atoms with E-state index in [4.69, 9.17) is 0 Å². The van der Waals surface area contributed by atoms with E-state index in [1.807, 2.05) is 47.9 Å². The first-order valence-corrected chi connectivity index (χ1v) is 7.42. The van der Waals surface area contributed by atoms with Gasteiger partial charge in [0.2, 0.25) is 0 Å². The van der Waals surface area contributed by atoms with Crippen LogP contribution in [0.15, 0.2) is 54.9 Å². The SMILES string of the molecule is Cc1ccn2cc(C(=O)NC[C@H](C)c3ccccc3)nc2c1. The second-order valence-corrected chi connectivity index (χ2v) is 5.62. The Morgan fingerprint density at radius 1 is 1.27 bits per heavy atom. The predicted molar refractivity (Wildman–Crippen MR) is 87.1 cm³/mol. The molecule has 1 aromatic carbocycles. The Morgan fingerprint density at radius 2 is 2.05 bits per heavy atom.